The van der Waals surface area contributed by atoms with E-state index in [0.717, 1.165) is 11.5 Å². The van der Waals surface area contributed by atoms with Crippen molar-refractivity contribution < 1.29 is 10.2 Å². The van der Waals surface area contributed by atoms with Crippen LogP contribution in [0.15, 0.2) is 0 Å². The molecule has 0 bridgehead atoms. The average molecular weight is 312 g/mol. The van der Waals surface area contributed by atoms with Gasteiger partial charge in [0.2, 0.25) is 5.88 Å². The molecule has 0 spiro atoms. The number of hydrogen-bond acceptors (Lipinski definition) is 6. The van der Waals surface area contributed by atoms with E-state index >= 15 is 0 Å². The van der Waals surface area contributed by atoms with Crippen LogP contribution in [-0.4, -0.2) is 40.1 Å². The zero-order chi connectivity index (χ0) is 15.1. The maximum Gasteiger partial charge on any atom is 0.236 e. The monoisotopic (exact) mass is 312 g/mol. The molecule has 0 unspecified atom stereocenters. The minimum absolute atomic E-state index is 0.0843. The minimum atomic E-state index is -0.104. The molecule has 1 aliphatic rings. The Morgan fingerprint density at radius 2 is 2.10 bits per heavy atom. The molecule has 7 heteroatoms. The van der Waals surface area contributed by atoms with E-state index in [1.807, 2.05) is 0 Å². The van der Waals surface area contributed by atoms with Gasteiger partial charge in [-0.3, -0.25) is 5.41 Å². The number of aliphatic hydroxyl groups excluding tert-OH is 1. The molecule has 1 aliphatic carbocycles. The van der Waals surface area contributed by atoms with Crippen molar-refractivity contribution in [2.75, 3.05) is 25.0 Å². The summed E-state index contributed by atoms with van der Waals surface area (Å²) in [5, 5.41) is 33.6. The first-order chi connectivity index (χ1) is 10.2. The van der Waals surface area contributed by atoms with Crippen LogP contribution in [0, 0.1) is 11.3 Å². The summed E-state index contributed by atoms with van der Waals surface area (Å²) in [4.78, 5) is 0. The molecule has 1 saturated carbocycles. The molecular weight excluding hydrogens is 288 g/mol. The predicted molar refractivity (Wildman–Crippen MR) is 85.4 cm³/mol. The van der Waals surface area contributed by atoms with E-state index in [9.17, 15) is 5.11 Å². The second-order valence-corrected chi connectivity index (χ2v) is 6.25. The fourth-order valence-corrected chi connectivity index (χ4v) is 3.34. The van der Waals surface area contributed by atoms with Crippen LogP contribution < -0.4 is 10.6 Å². The number of amidine groups is 1. The van der Waals surface area contributed by atoms with Crippen LogP contribution in [0.25, 0.3) is 0 Å². The van der Waals surface area contributed by atoms with Gasteiger partial charge in [0, 0.05) is 19.7 Å². The largest absolute Gasteiger partial charge is 0.492 e. The summed E-state index contributed by atoms with van der Waals surface area (Å²) in [7, 11) is 0. The number of rotatable bonds is 7. The highest BCUT2D eigenvalue weighted by Crippen LogP contribution is 2.31. The Morgan fingerprint density at radius 3 is 2.81 bits per heavy atom. The van der Waals surface area contributed by atoms with Crippen molar-refractivity contribution in [2.45, 2.75) is 38.5 Å². The number of aromatic hydroxyl groups is 1. The molecule has 1 heterocycles. The zero-order valence-electron chi connectivity index (χ0n) is 12.2. The standard InChI is InChI=1S/C14H24N4O2S/c15-12(16-7-4-8-19)11-13(20)18-21-14(11)17-9-10-5-2-1-3-6-10/h10,17,19H,1-9H2,(H2,15,16)(H,18,20). The molecular formula is C14H24N4O2S. The Labute approximate surface area is 129 Å². The lowest BCUT2D eigenvalue weighted by atomic mass is 9.89. The van der Waals surface area contributed by atoms with Crippen molar-refractivity contribution in [3.05, 3.63) is 5.56 Å². The molecule has 21 heavy (non-hydrogen) atoms. The Morgan fingerprint density at radius 1 is 1.33 bits per heavy atom. The van der Waals surface area contributed by atoms with Gasteiger partial charge in [-0.1, -0.05) is 19.3 Å². The van der Waals surface area contributed by atoms with Crippen molar-refractivity contribution in [3.63, 3.8) is 0 Å². The molecule has 0 radical (unpaired) electrons. The van der Waals surface area contributed by atoms with E-state index in [2.05, 4.69) is 15.0 Å². The van der Waals surface area contributed by atoms with Crippen molar-refractivity contribution in [1.29, 1.82) is 5.41 Å². The normalized spacial score (nSPS) is 15.9. The van der Waals surface area contributed by atoms with Crippen molar-refractivity contribution >= 4 is 22.4 Å². The fraction of sp³-hybridized carbons (Fsp3) is 0.714. The number of aromatic nitrogens is 1. The molecule has 2 rings (SSSR count). The molecule has 1 fully saturated rings. The maximum atomic E-state index is 9.82. The van der Waals surface area contributed by atoms with E-state index in [-0.39, 0.29) is 18.3 Å². The Bertz CT molecular complexity index is 458. The third-order valence-corrected chi connectivity index (χ3v) is 4.63. The third kappa shape index (κ3) is 4.57. The summed E-state index contributed by atoms with van der Waals surface area (Å²) in [6.07, 6.45) is 7.00. The van der Waals surface area contributed by atoms with Gasteiger partial charge in [-0.25, -0.2) is 0 Å². The smallest absolute Gasteiger partial charge is 0.236 e. The summed E-state index contributed by atoms with van der Waals surface area (Å²) in [5.41, 5.74) is 0.439. The highest BCUT2D eigenvalue weighted by atomic mass is 32.1. The van der Waals surface area contributed by atoms with Crippen LogP contribution in [-0.2, 0) is 0 Å². The lowest BCUT2D eigenvalue weighted by Gasteiger charge is -2.22. The predicted octanol–water partition coefficient (Wildman–Crippen LogP) is 2.14. The van der Waals surface area contributed by atoms with Gasteiger partial charge in [0.15, 0.2) is 0 Å². The van der Waals surface area contributed by atoms with Gasteiger partial charge in [0.25, 0.3) is 0 Å². The van der Waals surface area contributed by atoms with Gasteiger partial charge in [-0.15, -0.1) is 0 Å². The van der Waals surface area contributed by atoms with E-state index in [1.54, 1.807) is 0 Å². The molecule has 6 nitrogen and oxygen atoms in total. The molecule has 0 atom stereocenters. The number of nitrogens with zero attached hydrogens (tertiary/aromatic N) is 1. The van der Waals surface area contributed by atoms with Crippen molar-refractivity contribution in [2.24, 2.45) is 5.92 Å². The number of hydrogen-bond donors (Lipinski definition) is 5. The van der Waals surface area contributed by atoms with Crippen molar-refractivity contribution in [3.8, 4) is 5.88 Å². The summed E-state index contributed by atoms with van der Waals surface area (Å²) in [6, 6.07) is 0. The third-order valence-electron chi connectivity index (χ3n) is 3.84. The highest BCUT2D eigenvalue weighted by molar-refractivity contribution is 7.10. The lowest BCUT2D eigenvalue weighted by molar-refractivity contribution is 0.289. The first-order valence-corrected chi connectivity index (χ1v) is 8.36. The van der Waals surface area contributed by atoms with Crippen LogP contribution in [0.3, 0.4) is 0 Å². The minimum Gasteiger partial charge on any atom is -0.492 e. The first-order valence-electron chi connectivity index (χ1n) is 7.58. The van der Waals surface area contributed by atoms with E-state index in [0.29, 0.717) is 24.4 Å². The second-order valence-electron chi connectivity index (χ2n) is 5.47. The molecule has 0 aromatic carbocycles. The molecule has 118 valence electrons. The summed E-state index contributed by atoms with van der Waals surface area (Å²) in [6.45, 7) is 1.46. The quantitative estimate of drug-likeness (QED) is 0.302. The molecule has 0 aliphatic heterocycles. The van der Waals surface area contributed by atoms with Crippen LogP contribution in [0.1, 0.15) is 44.1 Å². The molecule has 5 N–H and O–H groups in total. The van der Waals surface area contributed by atoms with Crippen LogP contribution >= 0.6 is 11.5 Å². The van der Waals surface area contributed by atoms with Gasteiger partial charge >= 0.3 is 0 Å². The van der Waals surface area contributed by atoms with Gasteiger partial charge < -0.3 is 20.8 Å². The van der Waals surface area contributed by atoms with Crippen molar-refractivity contribution in [1.82, 2.24) is 9.69 Å². The van der Waals surface area contributed by atoms with Gasteiger partial charge in [0.05, 0.1) is 0 Å². The molecule has 0 amide bonds. The number of anilines is 1. The van der Waals surface area contributed by atoms with E-state index in [4.69, 9.17) is 10.5 Å². The Hall–Kier alpha value is -1.34. The SMILES string of the molecule is N=C(NCCCO)c1c(O)nsc1NCC1CCCCC1. The van der Waals surface area contributed by atoms with Crippen LogP contribution in [0.5, 0.6) is 5.88 Å². The van der Waals surface area contributed by atoms with Gasteiger partial charge in [-0.05, 0) is 36.7 Å². The van der Waals surface area contributed by atoms with E-state index in [1.165, 1.54) is 43.6 Å². The zero-order valence-corrected chi connectivity index (χ0v) is 13.0. The molecule has 0 saturated heterocycles. The number of aliphatic hydroxyl groups is 1. The Balaban J connectivity index is 1.91. The molecule has 1 aromatic rings. The van der Waals surface area contributed by atoms with Gasteiger partial charge in [0.1, 0.15) is 16.4 Å². The fourth-order valence-electron chi connectivity index (χ4n) is 2.64. The average Bonchev–Trinajstić information content (AvgIpc) is 2.87. The topological polar surface area (TPSA) is 101 Å². The second kappa shape index (κ2) is 8.19. The summed E-state index contributed by atoms with van der Waals surface area (Å²) in [5.74, 6) is 0.723. The van der Waals surface area contributed by atoms with Gasteiger partial charge in [-0.2, -0.15) is 4.37 Å². The summed E-state index contributed by atoms with van der Waals surface area (Å²) < 4.78 is 3.93. The molecule has 1 aromatic heterocycles. The Kier molecular flexibility index (Phi) is 6.25. The van der Waals surface area contributed by atoms with E-state index < -0.39 is 0 Å². The maximum absolute atomic E-state index is 9.82. The first kappa shape index (κ1) is 16.0. The number of nitrogens with one attached hydrogen (secondary N) is 3. The summed E-state index contributed by atoms with van der Waals surface area (Å²) >= 11 is 1.19. The highest BCUT2D eigenvalue weighted by Gasteiger charge is 2.19. The van der Waals surface area contributed by atoms with Crippen LogP contribution in [0.4, 0.5) is 5.00 Å². The van der Waals surface area contributed by atoms with Crippen LogP contribution in [0.2, 0.25) is 0 Å². The lowest BCUT2D eigenvalue weighted by Crippen LogP contribution is -2.26.